The van der Waals surface area contributed by atoms with E-state index in [1.165, 1.54) is 6.08 Å². The van der Waals surface area contributed by atoms with E-state index in [-0.39, 0.29) is 11.2 Å². The molecule has 2 nitrogen and oxygen atoms in total. The Morgan fingerprint density at radius 3 is 2.27 bits per heavy atom. The summed E-state index contributed by atoms with van der Waals surface area (Å²) in [5.41, 5.74) is 4.22. The first kappa shape index (κ1) is 18.1. The van der Waals surface area contributed by atoms with Crippen molar-refractivity contribution >= 4 is 12.1 Å². The maximum absolute atomic E-state index is 11.7. The molecule has 0 saturated carbocycles. The summed E-state index contributed by atoms with van der Waals surface area (Å²) in [5, 5.41) is 0. The highest BCUT2D eigenvalue weighted by Crippen LogP contribution is 2.43. The molecule has 0 heterocycles. The van der Waals surface area contributed by atoms with Crippen LogP contribution in [0.5, 0.6) is 0 Å². The van der Waals surface area contributed by atoms with E-state index in [1.807, 2.05) is 32.1 Å². The average molecular weight is 298 g/mol. The molecule has 0 atom stereocenters. The third kappa shape index (κ3) is 5.10. The summed E-state index contributed by atoms with van der Waals surface area (Å²) in [7, 11) is 0. The van der Waals surface area contributed by atoms with Crippen LogP contribution in [0, 0.1) is 5.41 Å². The van der Waals surface area contributed by atoms with Crippen molar-refractivity contribution in [2.45, 2.75) is 47.5 Å². The largest absolute Gasteiger partial charge is 0.299 e. The standard InChI is InChI=1S/C20H26O2/c1-15(7-6-8-16(2)12-14-21)9-10-19-18(17(3)22)11-13-20(19,4)5/h6-10,12,14H,11,13H2,1-5H3/b8-6+,10-9+,15-7+,16-12+. The number of hydrogen-bond donors (Lipinski definition) is 0. The molecule has 0 aromatic heterocycles. The SMILES string of the molecule is CC(=O)C1=C(/C=C/C(C)=C/C=C/C(C)=C/C=O)C(C)(C)CC1. The zero-order valence-corrected chi connectivity index (χ0v) is 14.3. The molecule has 0 spiro atoms. The van der Waals surface area contributed by atoms with Crippen molar-refractivity contribution in [2.75, 3.05) is 0 Å². The molecular weight excluding hydrogens is 272 g/mol. The highest BCUT2D eigenvalue weighted by atomic mass is 16.1. The lowest BCUT2D eigenvalue weighted by atomic mass is 9.84. The van der Waals surface area contributed by atoms with Gasteiger partial charge in [-0.25, -0.2) is 0 Å². The number of aldehydes is 1. The summed E-state index contributed by atoms with van der Waals surface area (Å²) >= 11 is 0. The van der Waals surface area contributed by atoms with Crippen LogP contribution in [0.15, 0.2) is 58.7 Å². The maximum atomic E-state index is 11.7. The number of carbonyl (C=O) groups excluding carboxylic acids is 2. The van der Waals surface area contributed by atoms with Crippen molar-refractivity contribution in [2.24, 2.45) is 5.41 Å². The van der Waals surface area contributed by atoms with E-state index < -0.39 is 0 Å². The second kappa shape index (κ2) is 7.88. The van der Waals surface area contributed by atoms with Gasteiger partial charge in [-0.3, -0.25) is 9.59 Å². The first-order valence-electron chi connectivity index (χ1n) is 7.67. The molecule has 1 rings (SSSR count). The molecule has 0 N–H and O–H groups in total. The molecule has 0 amide bonds. The Morgan fingerprint density at radius 1 is 1.05 bits per heavy atom. The van der Waals surface area contributed by atoms with Crippen LogP contribution in [0.25, 0.3) is 0 Å². The molecule has 1 aliphatic carbocycles. The second-order valence-electron chi connectivity index (χ2n) is 6.48. The van der Waals surface area contributed by atoms with Gasteiger partial charge in [0.15, 0.2) is 5.78 Å². The van der Waals surface area contributed by atoms with Crippen LogP contribution in [-0.4, -0.2) is 12.1 Å². The number of ketones is 1. The Bertz CT molecular complexity index is 593. The Hall–Kier alpha value is -1.96. The summed E-state index contributed by atoms with van der Waals surface area (Å²) in [6.07, 6.45) is 14.2. The zero-order chi connectivity index (χ0) is 16.8. The lowest BCUT2D eigenvalue weighted by Gasteiger charge is -2.20. The van der Waals surface area contributed by atoms with Crippen LogP contribution in [0.1, 0.15) is 47.5 Å². The number of rotatable bonds is 6. The van der Waals surface area contributed by atoms with E-state index >= 15 is 0 Å². The summed E-state index contributed by atoms with van der Waals surface area (Å²) < 4.78 is 0. The van der Waals surface area contributed by atoms with E-state index in [2.05, 4.69) is 26.0 Å². The third-order valence-electron chi connectivity index (χ3n) is 4.04. The van der Waals surface area contributed by atoms with E-state index in [9.17, 15) is 9.59 Å². The van der Waals surface area contributed by atoms with Gasteiger partial charge in [-0.05, 0) is 61.8 Å². The van der Waals surface area contributed by atoms with Crippen LogP contribution in [0.2, 0.25) is 0 Å². The van der Waals surface area contributed by atoms with Crippen molar-refractivity contribution in [1.82, 2.24) is 0 Å². The Balaban J connectivity index is 2.90. The van der Waals surface area contributed by atoms with Gasteiger partial charge in [0, 0.05) is 0 Å². The topological polar surface area (TPSA) is 34.1 Å². The van der Waals surface area contributed by atoms with Gasteiger partial charge in [0.2, 0.25) is 0 Å². The quantitative estimate of drug-likeness (QED) is 0.397. The molecule has 0 aliphatic heterocycles. The smallest absolute Gasteiger partial charge is 0.156 e. The highest BCUT2D eigenvalue weighted by Gasteiger charge is 2.32. The number of hydrogen-bond acceptors (Lipinski definition) is 2. The van der Waals surface area contributed by atoms with Gasteiger partial charge < -0.3 is 0 Å². The van der Waals surface area contributed by atoms with Gasteiger partial charge in [0.05, 0.1) is 0 Å². The number of carbonyl (C=O) groups is 2. The Kier molecular flexibility index (Phi) is 6.48. The molecule has 0 saturated heterocycles. The van der Waals surface area contributed by atoms with Crippen molar-refractivity contribution in [3.63, 3.8) is 0 Å². The summed E-state index contributed by atoms with van der Waals surface area (Å²) in [4.78, 5) is 22.1. The second-order valence-corrected chi connectivity index (χ2v) is 6.48. The predicted octanol–water partition coefficient (Wildman–Crippen LogP) is 4.90. The Morgan fingerprint density at radius 2 is 1.68 bits per heavy atom. The van der Waals surface area contributed by atoms with Gasteiger partial charge in [0.1, 0.15) is 6.29 Å². The lowest BCUT2D eigenvalue weighted by Crippen LogP contribution is -2.09. The first-order valence-corrected chi connectivity index (χ1v) is 7.67. The fraction of sp³-hybridized carbons (Fsp3) is 0.400. The normalized spacial score (nSPS) is 19.5. The molecule has 1 aliphatic rings. The van der Waals surface area contributed by atoms with E-state index in [0.29, 0.717) is 0 Å². The summed E-state index contributed by atoms with van der Waals surface area (Å²) in [6, 6.07) is 0. The van der Waals surface area contributed by atoms with Gasteiger partial charge in [-0.1, -0.05) is 49.8 Å². The Labute approximate surface area is 134 Å². The van der Waals surface area contributed by atoms with Crippen LogP contribution < -0.4 is 0 Å². The average Bonchev–Trinajstić information content (AvgIpc) is 2.72. The van der Waals surface area contributed by atoms with Gasteiger partial charge in [-0.2, -0.15) is 0 Å². The van der Waals surface area contributed by atoms with Gasteiger partial charge in [-0.15, -0.1) is 0 Å². The van der Waals surface area contributed by atoms with Crippen molar-refractivity contribution < 1.29 is 9.59 Å². The minimum atomic E-state index is 0.0664. The monoisotopic (exact) mass is 298 g/mol. The van der Waals surface area contributed by atoms with E-state index in [4.69, 9.17) is 0 Å². The molecule has 0 aromatic carbocycles. The molecule has 118 valence electrons. The van der Waals surface area contributed by atoms with Crippen molar-refractivity contribution in [3.05, 3.63) is 58.7 Å². The van der Waals surface area contributed by atoms with Crippen LogP contribution in [0.3, 0.4) is 0 Å². The fourth-order valence-corrected chi connectivity index (χ4v) is 2.59. The minimum absolute atomic E-state index is 0.0664. The predicted molar refractivity (Wildman–Crippen MR) is 92.6 cm³/mol. The maximum Gasteiger partial charge on any atom is 0.156 e. The molecule has 0 bridgehead atoms. The third-order valence-corrected chi connectivity index (χ3v) is 4.04. The molecule has 22 heavy (non-hydrogen) atoms. The summed E-state index contributed by atoms with van der Waals surface area (Å²) in [6.45, 7) is 9.94. The molecular formula is C20H26O2. The van der Waals surface area contributed by atoms with Crippen LogP contribution in [-0.2, 0) is 9.59 Å². The lowest BCUT2D eigenvalue weighted by molar-refractivity contribution is -0.113. The number of Topliss-reactive ketones (excluding diaryl/α,β-unsaturated/α-hetero) is 1. The van der Waals surface area contributed by atoms with Crippen LogP contribution in [0.4, 0.5) is 0 Å². The summed E-state index contributed by atoms with van der Waals surface area (Å²) in [5.74, 6) is 0.182. The molecule has 0 aromatic rings. The van der Waals surface area contributed by atoms with Gasteiger partial charge in [0.25, 0.3) is 0 Å². The fourth-order valence-electron chi connectivity index (χ4n) is 2.59. The first-order chi connectivity index (χ1) is 10.3. The van der Waals surface area contributed by atoms with Crippen LogP contribution >= 0.6 is 0 Å². The van der Waals surface area contributed by atoms with E-state index in [0.717, 1.165) is 41.4 Å². The molecule has 0 unspecified atom stereocenters. The highest BCUT2D eigenvalue weighted by molar-refractivity contribution is 5.95. The minimum Gasteiger partial charge on any atom is -0.299 e. The van der Waals surface area contributed by atoms with Gasteiger partial charge >= 0.3 is 0 Å². The van der Waals surface area contributed by atoms with Crippen molar-refractivity contribution in [1.29, 1.82) is 0 Å². The van der Waals surface area contributed by atoms with Crippen molar-refractivity contribution in [3.8, 4) is 0 Å². The van der Waals surface area contributed by atoms with E-state index in [1.54, 1.807) is 6.92 Å². The molecule has 0 radical (unpaired) electrons. The number of allylic oxidation sites excluding steroid dienone is 10. The molecule has 0 fully saturated rings. The molecule has 2 heteroatoms. The zero-order valence-electron chi connectivity index (χ0n) is 14.3.